The van der Waals surface area contributed by atoms with E-state index in [9.17, 15) is 13.2 Å². The van der Waals surface area contributed by atoms with E-state index in [4.69, 9.17) is 10.5 Å². The number of fused-ring (bicyclic) bond motifs is 2. The van der Waals surface area contributed by atoms with Crippen LogP contribution in [-0.2, 0) is 22.8 Å². The summed E-state index contributed by atoms with van der Waals surface area (Å²) in [5.74, 6) is -0.126. The highest BCUT2D eigenvalue weighted by Crippen LogP contribution is 2.31. The Bertz CT molecular complexity index is 1610. The van der Waals surface area contributed by atoms with Crippen LogP contribution in [0.3, 0.4) is 0 Å². The summed E-state index contributed by atoms with van der Waals surface area (Å²) >= 11 is 0. The van der Waals surface area contributed by atoms with E-state index in [1.165, 1.54) is 6.07 Å². The Balaban J connectivity index is 1.48. The van der Waals surface area contributed by atoms with Gasteiger partial charge in [-0.05, 0) is 53.9 Å². The molecule has 2 N–H and O–H groups in total. The Labute approximate surface area is 208 Å². The number of pyridine rings is 1. The summed E-state index contributed by atoms with van der Waals surface area (Å²) < 4.78 is 46.7. The van der Waals surface area contributed by atoms with Crippen molar-refractivity contribution in [3.63, 3.8) is 0 Å². The number of imidazole rings is 1. The molecule has 1 aliphatic rings. The maximum absolute atomic E-state index is 15.0. The molecule has 2 aromatic heterocycles. The lowest BCUT2D eigenvalue weighted by Crippen LogP contribution is -2.33. The number of rotatable bonds is 4. The highest BCUT2D eigenvalue weighted by atomic mass is 32.2. The molecule has 0 saturated carbocycles. The topological polar surface area (TPSA) is 107 Å². The van der Waals surface area contributed by atoms with Crippen LogP contribution in [0.4, 0.5) is 10.2 Å². The predicted molar refractivity (Wildman–Crippen MR) is 134 cm³/mol. The van der Waals surface area contributed by atoms with Crippen molar-refractivity contribution in [3.8, 4) is 16.9 Å². The molecule has 3 heterocycles. The van der Waals surface area contributed by atoms with Crippen LogP contribution in [0.1, 0.15) is 28.4 Å². The van der Waals surface area contributed by atoms with E-state index in [1.54, 1.807) is 18.0 Å². The Morgan fingerprint density at radius 3 is 2.67 bits per heavy atom. The zero-order valence-corrected chi connectivity index (χ0v) is 20.7. The van der Waals surface area contributed by atoms with Gasteiger partial charge in [-0.1, -0.05) is 13.0 Å². The summed E-state index contributed by atoms with van der Waals surface area (Å²) in [5, 5.41) is 0. The number of aromatic nitrogens is 2. The number of carbonyl (C=O) groups is 1. The van der Waals surface area contributed by atoms with Gasteiger partial charge in [-0.15, -0.1) is 0 Å². The third-order valence-corrected chi connectivity index (χ3v) is 7.44. The van der Waals surface area contributed by atoms with Gasteiger partial charge in [0.05, 0.1) is 12.7 Å². The van der Waals surface area contributed by atoms with Gasteiger partial charge in [0.1, 0.15) is 34.5 Å². The molecule has 0 atom stereocenters. The fourth-order valence-corrected chi connectivity index (χ4v) is 5.30. The lowest BCUT2D eigenvalue weighted by Gasteiger charge is -2.22. The monoisotopic (exact) mass is 508 g/mol. The molecule has 0 saturated heterocycles. The van der Waals surface area contributed by atoms with E-state index in [1.807, 2.05) is 40.9 Å². The molecule has 1 amide bonds. The van der Waals surface area contributed by atoms with Gasteiger partial charge in [0.25, 0.3) is 5.91 Å². The van der Waals surface area contributed by atoms with Gasteiger partial charge in [0.15, 0.2) is 9.84 Å². The van der Waals surface area contributed by atoms with Crippen LogP contribution >= 0.6 is 0 Å². The lowest BCUT2D eigenvalue weighted by atomic mass is 10.0. The smallest absolute Gasteiger partial charge is 0.254 e. The molecule has 36 heavy (non-hydrogen) atoms. The number of amides is 1. The molecule has 0 fully saturated rings. The van der Waals surface area contributed by atoms with Gasteiger partial charge >= 0.3 is 0 Å². The number of hydrogen-bond donors (Lipinski definition) is 1. The van der Waals surface area contributed by atoms with E-state index >= 15 is 4.39 Å². The van der Waals surface area contributed by atoms with Gasteiger partial charge in [-0.3, -0.25) is 4.79 Å². The summed E-state index contributed by atoms with van der Waals surface area (Å²) in [6.45, 7) is 2.55. The van der Waals surface area contributed by atoms with Crippen molar-refractivity contribution in [2.24, 2.45) is 0 Å². The van der Waals surface area contributed by atoms with Crippen molar-refractivity contribution in [2.45, 2.75) is 24.8 Å². The summed E-state index contributed by atoms with van der Waals surface area (Å²) in [5.41, 5.74) is 9.48. The van der Waals surface area contributed by atoms with Gasteiger partial charge in [-0.2, -0.15) is 0 Å². The first-order valence-electron chi connectivity index (χ1n) is 11.5. The maximum Gasteiger partial charge on any atom is 0.254 e. The van der Waals surface area contributed by atoms with Crippen LogP contribution in [0.2, 0.25) is 0 Å². The summed E-state index contributed by atoms with van der Waals surface area (Å²) in [6, 6.07) is 12.2. The largest absolute Gasteiger partial charge is 0.491 e. The van der Waals surface area contributed by atoms with E-state index in [0.717, 1.165) is 34.7 Å². The lowest BCUT2D eigenvalue weighted by molar-refractivity contribution is 0.0731. The second-order valence-corrected chi connectivity index (χ2v) is 10.8. The number of nitrogen functional groups attached to an aromatic ring is 1. The number of carbonyl (C=O) groups excluding carboxylic acids is 1. The third-order valence-electron chi connectivity index (χ3n) is 6.32. The van der Waals surface area contributed by atoms with Crippen molar-refractivity contribution in [3.05, 3.63) is 77.4 Å². The van der Waals surface area contributed by atoms with Crippen LogP contribution in [0.15, 0.2) is 59.8 Å². The van der Waals surface area contributed by atoms with E-state index in [-0.39, 0.29) is 36.6 Å². The molecule has 2 aromatic carbocycles. The molecular formula is C26H25FN4O4S. The number of benzene rings is 2. The van der Waals surface area contributed by atoms with Gasteiger partial charge in [0, 0.05) is 35.7 Å². The quantitative estimate of drug-likeness (QED) is 0.450. The van der Waals surface area contributed by atoms with Gasteiger partial charge in [0.2, 0.25) is 0 Å². The molecule has 8 nitrogen and oxygen atoms in total. The minimum atomic E-state index is -3.76. The molecule has 1 aliphatic heterocycles. The highest BCUT2D eigenvalue weighted by Gasteiger charge is 2.27. The third kappa shape index (κ3) is 4.28. The number of sulfone groups is 1. The number of halogens is 1. The molecule has 5 rings (SSSR count). The fraction of sp³-hybridized carbons (Fsp3) is 0.231. The Hall–Kier alpha value is -3.92. The predicted octanol–water partition coefficient (Wildman–Crippen LogP) is 3.72. The van der Waals surface area contributed by atoms with Crippen molar-refractivity contribution in [1.82, 2.24) is 14.3 Å². The number of hydrogen-bond acceptors (Lipinski definition) is 6. The Morgan fingerprint density at radius 1 is 1.14 bits per heavy atom. The molecule has 10 heteroatoms. The zero-order chi connectivity index (χ0) is 25.6. The SMILES string of the molecule is CCc1c(C(=O)N2CCOc3ccc(-c4ccc5nc(N)cn5c4)cc3C2)ccc(S(C)(=O)=O)c1F. The fourth-order valence-electron chi connectivity index (χ4n) is 4.53. The molecule has 0 unspecified atom stereocenters. The molecular weight excluding hydrogens is 483 g/mol. The van der Waals surface area contributed by atoms with Crippen LogP contribution in [0.25, 0.3) is 16.8 Å². The Kier molecular flexibility index (Phi) is 5.91. The summed E-state index contributed by atoms with van der Waals surface area (Å²) in [4.78, 5) is 18.9. The summed E-state index contributed by atoms with van der Waals surface area (Å²) in [7, 11) is -3.76. The van der Waals surface area contributed by atoms with Crippen molar-refractivity contribution in [2.75, 3.05) is 25.1 Å². The minimum absolute atomic E-state index is 0.0926. The normalized spacial score (nSPS) is 13.8. The van der Waals surface area contributed by atoms with E-state index in [2.05, 4.69) is 4.98 Å². The number of anilines is 1. The minimum Gasteiger partial charge on any atom is -0.491 e. The van der Waals surface area contributed by atoms with Crippen LogP contribution in [-0.4, -0.2) is 48.0 Å². The average Bonchev–Trinajstić information content (AvgIpc) is 3.08. The van der Waals surface area contributed by atoms with Gasteiger partial charge in [-0.25, -0.2) is 17.8 Å². The zero-order valence-electron chi connectivity index (χ0n) is 19.9. The van der Waals surface area contributed by atoms with Crippen molar-refractivity contribution in [1.29, 1.82) is 0 Å². The van der Waals surface area contributed by atoms with E-state index < -0.39 is 20.5 Å². The molecule has 186 valence electrons. The average molecular weight is 509 g/mol. The molecule has 0 aliphatic carbocycles. The van der Waals surface area contributed by atoms with Crippen molar-refractivity contribution < 1.29 is 22.3 Å². The first kappa shape index (κ1) is 23.8. The maximum atomic E-state index is 15.0. The molecule has 0 radical (unpaired) electrons. The number of ether oxygens (including phenoxy) is 1. The highest BCUT2D eigenvalue weighted by molar-refractivity contribution is 7.90. The van der Waals surface area contributed by atoms with Gasteiger partial charge < -0.3 is 19.8 Å². The molecule has 0 bridgehead atoms. The second kappa shape index (κ2) is 8.94. The van der Waals surface area contributed by atoms with E-state index in [0.29, 0.717) is 18.1 Å². The van der Waals surface area contributed by atoms with Crippen LogP contribution in [0, 0.1) is 5.82 Å². The van der Waals surface area contributed by atoms with Crippen LogP contribution < -0.4 is 10.5 Å². The standard InChI is InChI=1S/C26H25FN4O4S/c1-3-19-20(6-8-22(25(19)27)36(2,33)34)26(32)30-10-11-35-21-7-4-16(12-18(21)14-30)17-5-9-24-29-23(28)15-31(24)13-17/h4-9,12-13,15H,3,10-11,14,28H2,1-2H3. The van der Waals surface area contributed by atoms with Crippen LogP contribution in [0.5, 0.6) is 5.75 Å². The first-order chi connectivity index (χ1) is 17.2. The number of nitrogens with two attached hydrogens (primary N) is 1. The molecule has 4 aromatic rings. The summed E-state index contributed by atoms with van der Waals surface area (Å²) in [6.07, 6.45) is 4.81. The Morgan fingerprint density at radius 2 is 1.92 bits per heavy atom. The first-order valence-corrected chi connectivity index (χ1v) is 13.4. The number of nitrogens with zero attached hydrogens (tertiary/aromatic N) is 3. The van der Waals surface area contributed by atoms with Crippen molar-refractivity contribution >= 4 is 27.2 Å². The molecule has 0 spiro atoms. The second-order valence-electron chi connectivity index (χ2n) is 8.78.